The van der Waals surface area contributed by atoms with Gasteiger partial charge in [-0.1, -0.05) is 20.8 Å². The highest BCUT2D eigenvalue weighted by molar-refractivity contribution is 5.72. The van der Waals surface area contributed by atoms with E-state index in [2.05, 4.69) is 4.89 Å². The van der Waals surface area contributed by atoms with Gasteiger partial charge in [0.2, 0.25) is 0 Å². The molecule has 2 N–H and O–H groups in total. The molecule has 0 heterocycles. The van der Waals surface area contributed by atoms with Crippen LogP contribution in [0.25, 0.3) is 0 Å². The van der Waals surface area contributed by atoms with Crippen LogP contribution in [-0.2, 0) is 9.68 Å². The van der Waals surface area contributed by atoms with Gasteiger partial charge < -0.3 is 9.99 Å². The Hall–Kier alpha value is -0.610. The molecule has 0 amide bonds. The lowest BCUT2D eigenvalue weighted by Crippen LogP contribution is -2.32. The number of carbonyl (C=O) groups excluding carboxylic acids is 1. The third-order valence-corrected chi connectivity index (χ3v) is 1.60. The average molecular weight is 162 g/mol. The molecule has 1 unspecified atom stereocenters. The summed E-state index contributed by atoms with van der Waals surface area (Å²) in [4.78, 5) is 14.3. The quantitative estimate of drug-likeness (QED) is 0.462. The number of rotatable bonds is 2. The summed E-state index contributed by atoms with van der Waals surface area (Å²) >= 11 is 0. The van der Waals surface area contributed by atoms with Gasteiger partial charge in [-0.2, -0.15) is 5.26 Å². The molecule has 66 valence electrons. The van der Waals surface area contributed by atoms with Crippen LogP contribution in [0.5, 0.6) is 0 Å². The minimum atomic E-state index is -0.792. The van der Waals surface area contributed by atoms with Gasteiger partial charge in [-0.05, 0) is 5.41 Å². The summed E-state index contributed by atoms with van der Waals surface area (Å²) in [6, 6.07) is 0. The maximum Gasteiger partial charge on any atom is 0.347 e. The van der Waals surface area contributed by atoms with Crippen LogP contribution in [-0.4, -0.2) is 22.9 Å². The Kier molecular flexibility index (Phi) is 3.48. The zero-order valence-electron chi connectivity index (χ0n) is 7.00. The third kappa shape index (κ3) is 2.86. The van der Waals surface area contributed by atoms with Crippen molar-refractivity contribution in [2.75, 3.05) is 6.61 Å². The molecule has 0 aromatic rings. The van der Waals surface area contributed by atoms with E-state index >= 15 is 0 Å². The lowest BCUT2D eigenvalue weighted by Gasteiger charge is -2.25. The smallest absolute Gasteiger partial charge is 0.347 e. The molecule has 0 saturated heterocycles. The monoisotopic (exact) mass is 162 g/mol. The molecular formula is C7H14O4. The van der Waals surface area contributed by atoms with Gasteiger partial charge in [0.05, 0.1) is 12.5 Å². The lowest BCUT2D eigenvalue weighted by molar-refractivity contribution is -0.243. The molecule has 0 bridgehead atoms. The van der Waals surface area contributed by atoms with Crippen molar-refractivity contribution in [1.82, 2.24) is 0 Å². The van der Waals surface area contributed by atoms with Gasteiger partial charge in [-0.25, -0.2) is 4.79 Å². The van der Waals surface area contributed by atoms with Crippen LogP contribution in [0, 0.1) is 11.3 Å². The predicted molar refractivity (Wildman–Crippen MR) is 38.8 cm³/mol. The third-order valence-electron chi connectivity index (χ3n) is 1.60. The second kappa shape index (κ2) is 3.69. The summed E-state index contributed by atoms with van der Waals surface area (Å²) < 4.78 is 0. The summed E-state index contributed by atoms with van der Waals surface area (Å²) in [6.45, 7) is 5.03. The highest BCUT2D eigenvalue weighted by Crippen LogP contribution is 2.26. The van der Waals surface area contributed by atoms with Crippen LogP contribution in [0.2, 0.25) is 0 Å². The number of aliphatic hydroxyl groups excluding tert-OH is 1. The van der Waals surface area contributed by atoms with Crippen molar-refractivity contribution in [2.24, 2.45) is 11.3 Å². The Morgan fingerprint density at radius 1 is 1.55 bits per heavy atom. The van der Waals surface area contributed by atoms with Crippen molar-refractivity contribution >= 4 is 5.97 Å². The van der Waals surface area contributed by atoms with Gasteiger partial charge in [0.25, 0.3) is 0 Å². The van der Waals surface area contributed by atoms with Crippen molar-refractivity contribution < 1.29 is 20.0 Å². The van der Waals surface area contributed by atoms with E-state index in [1.165, 1.54) is 0 Å². The molecule has 11 heavy (non-hydrogen) atoms. The molecule has 4 nitrogen and oxygen atoms in total. The second-order valence-electron chi connectivity index (χ2n) is 3.51. The van der Waals surface area contributed by atoms with Gasteiger partial charge in [0.15, 0.2) is 0 Å². The lowest BCUT2D eigenvalue weighted by atomic mass is 9.81. The summed E-state index contributed by atoms with van der Waals surface area (Å²) in [7, 11) is 0. The Balaban J connectivity index is 4.29. The van der Waals surface area contributed by atoms with Crippen molar-refractivity contribution in [3.63, 3.8) is 0 Å². The molecule has 0 fully saturated rings. The van der Waals surface area contributed by atoms with E-state index in [1.54, 1.807) is 20.8 Å². The Bertz CT molecular complexity index is 136. The van der Waals surface area contributed by atoms with E-state index in [9.17, 15) is 4.79 Å². The van der Waals surface area contributed by atoms with Crippen LogP contribution in [0.4, 0.5) is 0 Å². The predicted octanol–water partition coefficient (Wildman–Crippen LogP) is 0.657. The van der Waals surface area contributed by atoms with Crippen molar-refractivity contribution in [1.29, 1.82) is 0 Å². The molecule has 4 heteroatoms. The second-order valence-corrected chi connectivity index (χ2v) is 3.51. The molecule has 0 saturated carbocycles. The fourth-order valence-corrected chi connectivity index (χ4v) is 0.766. The molecule has 1 atom stereocenters. The van der Waals surface area contributed by atoms with Crippen LogP contribution in [0.15, 0.2) is 0 Å². The average Bonchev–Trinajstić information content (AvgIpc) is 1.86. The van der Waals surface area contributed by atoms with Gasteiger partial charge >= 0.3 is 5.97 Å². The SMILES string of the molecule is CC(C)(C)C(CO)C(=O)OO. The fourth-order valence-electron chi connectivity index (χ4n) is 0.766. The Labute approximate surface area is 65.7 Å². The van der Waals surface area contributed by atoms with Crippen LogP contribution >= 0.6 is 0 Å². The first-order chi connectivity index (χ1) is 4.93. The van der Waals surface area contributed by atoms with Gasteiger partial charge in [0, 0.05) is 0 Å². The number of aliphatic hydroxyl groups is 1. The van der Waals surface area contributed by atoms with Crippen LogP contribution in [0.3, 0.4) is 0 Å². The largest absolute Gasteiger partial charge is 0.395 e. The van der Waals surface area contributed by atoms with E-state index in [1.807, 2.05) is 0 Å². The topological polar surface area (TPSA) is 66.8 Å². The molecular weight excluding hydrogens is 148 g/mol. The Morgan fingerprint density at radius 2 is 2.00 bits per heavy atom. The molecule has 0 rings (SSSR count). The minimum absolute atomic E-state index is 0.317. The summed E-state index contributed by atoms with van der Waals surface area (Å²) in [5.74, 6) is -1.47. The molecule has 0 aromatic carbocycles. The highest BCUT2D eigenvalue weighted by Gasteiger charge is 2.32. The zero-order chi connectivity index (χ0) is 9.07. The normalized spacial score (nSPS) is 14.3. The minimum Gasteiger partial charge on any atom is -0.395 e. The first-order valence-electron chi connectivity index (χ1n) is 3.39. The maximum absolute atomic E-state index is 10.8. The number of hydrogen-bond acceptors (Lipinski definition) is 4. The molecule has 0 aliphatic carbocycles. The van der Waals surface area contributed by atoms with Gasteiger partial charge in [0.1, 0.15) is 0 Å². The fraction of sp³-hybridized carbons (Fsp3) is 0.857. The zero-order valence-corrected chi connectivity index (χ0v) is 7.00. The standard InChI is InChI=1S/C7H14O4/c1-7(2,3)5(4-8)6(9)11-10/h5,8,10H,4H2,1-3H3. The number of carbonyl (C=O) groups is 1. The van der Waals surface area contributed by atoms with E-state index in [-0.39, 0.29) is 6.61 Å². The van der Waals surface area contributed by atoms with E-state index in [0.29, 0.717) is 0 Å². The van der Waals surface area contributed by atoms with Crippen molar-refractivity contribution in [3.8, 4) is 0 Å². The van der Waals surface area contributed by atoms with Gasteiger partial charge in [-0.15, -0.1) is 0 Å². The van der Waals surface area contributed by atoms with E-state index in [4.69, 9.17) is 10.4 Å². The van der Waals surface area contributed by atoms with Gasteiger partial charge in [-0.3, -0.25) is 0 Å². The van der Waals surface area contributed by atoms with Crippen LogP contribution in [0.1, 0.15) is 20.8 Å². The summed E-state index contributed by atoms with van der Waals surface area (Å²) in [5, 5.41) is 16.8. The molecule has 0 radical (unpaired) electrons. The Morgan fingerprint density at radius 3 is 2.09 bits per heavy atom. The first-order valence-corrected chi connectivity index (χ1v) is 3.39. The van der Waals surface area contributed by atoms with Crippen molar-refractivity contribution in [2.45, 2.75) is 20.8 Å². The summed E-state index contributed by atoms with van der Waals surface area (Å²) in [5.41, 5.74) is -0.394. The van der Waals surface area contributed by atoms with Crippen LogP contribution < -0.4 is 0 Å². The van der Waals surface area contributed by atoms with E-state index in [0.717, 1.165) is 0 Å². The number of hydrogen-bond donors (Lipinski definition) is 2. The van der Waals surface area contributed by atoms with E-state index < -0.39 is 17.3 Å². The molecule has 0 aliphatic rings. The molecule has 0 spiro atoms. The molecule has 0 aliphatic heterocycles. The van der Waals surface area contributed by atoms with Crippen molar-refractivity contribution in [3.05, 3.63) is 0 Å². The highest BCUT2D eigenvalue weighted by atomic mass is 17.1. The first kappa shape index (κ1) is 10.4. The maximum atomic E-state index is 10.8. The molecule has 0 aromatic heterocycles. The summed E-state index contributed by atoms with van der Waals surface area (Å²) in [6.07, 6.45) is 0.